The van der Waals surface area contributed by atoms with Crippen LogP contribution < -0.4 is 4.74 Å². The Morgan fingerprint density at radius 3 is 1.84 bits per heavy atom. The van der Waals surface area contributed by atoms with E-state index >= 15 is 0 Å². The summed E-state index contributed by atoms with van der Waals surface area (Å²) >= 11 is 0. The van der Waals surface area contributed by atoms with Crippen molar-refractivity contribution >= 4 is 0 Å². The number of hydrogen-bond donors (Lipinski definition) is 1. The summed E-state index contributed by atoms with van der Waals surface area (Å²) in [6.45, 7) is 14.0. The number of aryl methyl sites for hydroxylation is 4. The fourth-order valence-corrected chi connectivity index (χ4v) is 3.36. The second kappa shape index (κ2) is 6.38. The smallest absolute Gasteiger partial charge is 0.125 e. The SMILES string of the molecule is Cc1cc(C(C)(C)c2cc(C)c(OCC3CO3)c(C)c2)cc(C)c1O. The maximum Gasteiger partial charge on any atom is 0.125 e. The van der Waals surface area contributed by atoms with Gasteiger partial charge >= 0.3 is 0 Å². The predicted octanol–water partition coefficient (Wildman–Crippen LogP) is 4.73. The van der Waals surface area contributed by atoms with Crippen LogP contribution in [-0.2, 0) is 10.2 Å². The first-order valence-corrected chi connectivity index (χ1v) is 8.87. The molecule has 0 bridgehead atoms. The van der Waals surface area contributed by atoms with Crippen molar-refractivity contribution in [3.8, 4) is 11.5 Å². The Bertz CT molecular complexity index is 755. The average molecular weight is 340 g/mol. The molecular weight excluding hydrogens is 312 g/mol. The van der Waals surface area contributed by atoms with Gasteiger partial charge in [-0.15, -0.1) is 0 Å². The standard InChI is InChI=1S/C22H28O3/c1-13-7-17(8-14(2)20(13)23)22(5,6)18-9-15(3)21(16(4)10-18)25-12-19-11-24-19/h7-10,19,23H,11-12H2,1-6H3. The molecule has 1 saturated heterocycles. The molecule has 0 spiro atoms. The Morgan fingerprint density at radius 2 is 1.40 bits per heavy atom. The Hall–Kier alpha value is -2.00. The van der Waals surface area contributed by atoms with Crippen molar-refractivity contribution in [2.24, 2.45) is 0 Å². The molecular formula is C22H28O3. The maximum atomic E-state index is 10.1. The van der Waals surface area contributed by atoms with Gasteiger partial charge < -0.3 is 14.6 Å². The van der Waals surface area contributed by atoms with Crippen LogP contribution in [-0.4, -0.2) is 24.4 Å². The van der Waals surface area contributed by atoms with E-state index in [2.05, 4.69) is 52.0 Å². The van der Waals surface area contributed by atoms with Crippen molar-refractivity contribution in [2.75, 3.05) is 13.2 Å². The van der Waals surface area contributed by atoms with E-state index in [1.54, 1.807) is 0 Å². The van der Waals surface area contributed by atoms with Crippen LogP contribution in [0.15, 0.2) is 24.3 Å². The van der Waals surface area contributed by atoms with Crippen LogP contribution >= 0.6 is 0 Å². The van der Waals surface area contributed by atoms with E-state index in [4.69, 9.17) is 9.47 Å². The summed E-state index contributed by atoms with van der Waals surface area (Å²) in [6.07, 6.45) is 0.262. The molecule has 3 heteroatoms. The number of hydrogen-bond acceptors (Lipinski definition) is 3. The molecule has 0 aliphatic carbocycles. The number of phenols is 1. The number of aromatic hydroxyl groups is 1. The molecule has 25 heavy (non-hydrogen) atoms. The van der Waals surface area contributed by atoms with Crippen molar-refractivity contribution in [3.05, 3.63) is 57.6 Å². The van der Waals surface area contributed by atoms with E-state index in [1.165, 1.54) is 11.1 Å². The first kappa shape index (κ1) is 17.8. The summed E-state index contributed by atoms with van der Waals surface area (Å²) in [6, 6.07) is 8.60. The van der Waals surface area contributed by atoms with Gasteiger partial charge in [-0.3, -0.25) is 0 Å². The normalized spacial score (nSPS) is 16.8. The lowest BCUT2D eigenvalue weighted by atomic mass is 9.76. The molecule has 1 N–H and O–H groups in total. The number of epoxide rings is 1. The van der Waals surface area contributed by atoms with Crippen molar-refractivity contribution in [3.63, 3.8) is 0 Å². The second-order valence-corrected chi connectivity index (χ2v) is 7.79. The highest BCUT2D eigenvalue weighted by atomic mass is 16.6. The van der Waals surface area contributed by atoms with E-state index < -0.39 is 0 Å². The highest BCUT2D eigenvalue weighted by Crippen LogP contribution is 2.38. The minimum absolute atomic E-state index is 0.156. The second-order valence-electron chi connectivity index (χ2n) is 7.79. The lowest BCUT2D eigenvalue weighted by Gasteiger charge is -2.29. The summed E-state index contributed by atoms with van der Waals surface area (Å²) in [5.74, 6) is 1.35. The van der Waals surface area contributed by atoms with E-state index in [-0.39, 0.29) is 11.5 Å². The molecule has 3 rings (SSSR count). The van der Waals surface area contributed by atoms with Gasteiger partial charge in [0.15, 0.2) is 0 Å². The average Bonchev–Trinajstić information content (AvgIpc) is 3.35. The number of rotatable bonds is 5. The van der Waals surface area contributed by atoms with Crippen LogP contribution in [0.5, 0.6) is 11.5 Å². The zero-order valence-electron chi connectivity index (χ0n) is 16.1. The Labute approximate surface area is 150 Å². The van der Waals surface area contributed by atoms with Crippen molar-refractivity contribution in [2.45, 2.75) is 53.1 Å². The summed E-state index contributed by atoms with van der Waals surface area (Å²) in [5.41, 5.74) is 6.44. The summed E-state index contributed by atoms with van der Waals surface area (Å²) in [7, 11) is 0. The van der Waals surface area contributed by atoms with Gasteiger partial charge in [0.2, 0.25) is 0 Å². The number of ether oxygens (including phenoxy) is 2. The van der Waals surface area contributed by atoms with Gasteiger partial charge in [-0.2, -0.15) is 0 Å². The molecule has 0 saturated carbocycles. The van der Waals surface area contributed by atoms with Crippen LogP contribution in [0.2, 0.25) is 0 Å². The van der Waals surface area contributed by atoms with Crippen LogP contribution in [0.1, 0.15) is 47.2 Å². The van der Waals surface area contributed by atoms with Crippen molar-refractivity contribution < 1.29 is 14.6 Å². The summed E-state index contributed by atoms with van der Waals surface area (Å²) in [4.78, 5) is 0. The molecule has 1 aliphatic heterocycles. The van der Waals surface area contributed by atoms with E-state index in [9.17, 15) is 5.11 Å². The third-order valence-electron chi connectivity index (χ3n) is 5.21. The minimum atomic E-state index is -0.156. The van der Waals surface area contributed by atoms with Crippen LogP contribution in [0, 0.1) is 27.7 Å². The fourth-order valence-electron chi connectivity index (χ4n) is 3.36. The highest BCUT2D eigenvalue weighted by Gasteiger charge is 2.27. The summed E-state index contributed by atoms with van der Waals surface area (Å²) in [5, 5.41) is 10.1. The third kappa shape index (κ3) is 3.52. The number of phenolic OH excluding ortho intramolecular Hbond substituents is 1. The van der Waals surface area contributed by atoms with Gasteiger partial charge in [-0.1, -0.05) is 38.1 Å². The van der Waals surface area contributed by atoms with Gasteiger partial charge in [0.25, 0.3) is 0 Å². The molecule has 2 aromatic rings. The minimum Gasteiger partial charge on any atom is -0.507 e. The van der Waals surface area contributed by atoms with Crippen LogP contribution in [0.25, 0.3) is 0 Å². The maximum absolute atomic E-state index is 10.1. The topological polar surface area (TPSA) is 42.0 Å². The lowest BCUT2D eigenvalue weighted by Crippen LogP contribution is -2.20. The zero-order chi connectivity index (χ0) is 18.4. The van der Waals surface area contributed by atoms with Crippen molar-refractivity contribution in [1.29, 1.82) is 0 Å². The van der Waals surface area contributed by atoms with E-state index in [0.717, 1.165) is 34.6 Å². The molecule has 0 radical (unpaired) electrons. The van der Waals surface area contributed by atoms with Gasteiger partial charge in [0.1, 0.15) is 24.2 Å². The third-order valence-corrected chi connectivity index (χ3v) is 5.21. The number of benzene rings is 2. The van der Waals surface area contributed by atoms with Crippen LogP contribution in [0.3, 0.4) is 0 Å². The molecule has 1 aliphatic rings. The van der Waals surface area contributed by atoms with Crippen molar-refractivity contribution in [1.82, 2.24) is 0 Å². The van der Waals surface area contributed by atoms with Crippen LogP contribution in [0.4, 0.5) is 0 Å². The van der Waals surface area contributed by atoms with E-state index in [0.29, 0.717) is 12.4 Å². The van der Waals surface area contributed by atoms with Gasteiger partial charge in [-0.25, -0.2) is 0 Å². The predicted molar refractivity (Wildman–Crippen MR) is 101 cm³/mol. The molecule has 1 unspecified atom stereocenters. The molecule has 3 nitrogen and oxygen atoms in total. The van der Waals surface area contributed by atoms with E-state index in [1.807, 2.05) is 13.8 Å². The van der Waals surface area contributed by atoms with Gasteiger partial charge in [0.05, 0.1) is 6.61 Å². The first-order chi connectivity index (χ1) is 11.7. The molecule has 0 amide bonds. The fraction of sp³-hybridized carbons (Fsp3) is 0.455. The quantitative estimate of drug-likeness (QED) is 0.800. The monoisotopic (exact) mass is 340 g/mol. The molecule has 1 fully saturated rings. The first-order valence-electron chi connectivity index (χ1n) is 8.87. The summed E-state index contributed by atoms with van der Waals surface area (Å²) < 4.78 is 11.2. The Balaban J connectivity index is 1.96. The molecule has 0 aromatic heterocycles. The largest absolute Gasteiger partial charge is 0.507 e. The van der Waals surface area contributed by atoms with Gasteiger partial charge in [0, 0.05) is 5.41 Å². The van der Waals surface area contributed by atoms with Gasteiger partial charge in [-0.05, 0) is 61.1 Å². The lowest BCUT2D eigenvalue weighted by molar-refractivity contribution is 0.260. The Morgan fingerprint density at radius 1 is 0.960 bits per heavy atom. The molecule has 2 aromatic carbocycles. The molecule has 1 atom stereocenters. The highest BCUT2D eigenvalue weighted by molar-refractivity contribution is 5.51. The molecule has 134 valence electrons. The molecule has 1 heterocycles. The zero-order valence-corrected chi connectivity index (χ0v) is 16.1. The Kier molecular flexibility index (Phi) is 4.54.